The smallest absolute Gasteiger partial charge is 0.249 e. The van der Waals surface area contributed by atoms with Crippen molar-refractivity contribution in [3.05, 3.63) is 23.8 Å². The van der Waals surface area contributed by atoms with Crippen LogP contribution in [-0.2, 0) is 4.79 Å². The highest BCUT2D eigenvalue weighted by molar-refractivity contribution is 5.93. The fraction of sp³-hybridized carbons (Fsp3) is 0.706. The molecule has 3 unspecified atom stereocenters. The zero-order valence-corrected chi connectivity index (χ0v) is 12.6. The average Bonchev–Trinajstić information content (AvgIpc) is 2.37. The predicted molar refractivity (Wildman–Crippen MR) is 79.8 cm³/mol. The number of rotatable bonds is 2. The third-order valence-electron chi connectivity index (χ3n) is 4.54. The first kappa shape index (κ1) is 14.4. The third kappa shape index (κ3) is 3.49. The van der Waals surface area contributed by atoms with Crippen LogP contribution in [0.2, 0.25) is 0 Å². The van der Waals surface area contributed by atoms with Crippen LogP contribution in [-0.4, -0.2) is 23.9 Å². The van der Waals surface area contributed by atoms with Gasteiger partial charge < -0.3 is 4.90 Å². The molecule has 3 atom stereocenters. The Balaban J connectivity index is 1.98. The van der Waals surface area contributed by atoms with Crippen molar-refractivity contribution in [1.29, 1.82) is 0 Å². The summed E-state index contributed by atoms with van der Waals surface area (Å²) in [4.78, 5) is 14.6. The van der Waals surface area contributed by atoms with Crippen molar-refractivity contribution in [2.75, 3.05) is 13.1 Å². The van der Waals surface area contributed by atoms with Crippen LogP contribution in [0.4, 0.5) is 0 Å². The minimum absolute atomic E-state index is 0.290. The summed E-state index contributed by atoms with van der Waals surface area (Å²) in [6, 6.07) is 0. The monoisotopic (exact) mass is 261 g/mol. The van der Waals surface area contributed by atoms with Gasteiger partial charge in [0.25, 0.3) is 0 Å². The van der Waals surface area contributed by atoms with E-state index in [1.807, 2.05) is 0 Å². The molecule has 0 radical (unpaired) electrons. The number of amides is 1. The highest BCUT2D eigenvalue weighted by atomic mass is 16.2. The van der Waals surface area contributed by atoms with Crippen molar-refractivity contribution in [3.8, 4) is 0 Å². The molecule has 106 valence electrons. The van der Waals surface area contributed by atoms with E-state index < -0.39 is 0 Å². The minimum Gasteiger partial charge on any atom is -0.338 e. The molecule has 2 heteroatoms. The number of piperidine rings is 1. The molecule has 2 rings (SSSR count). The molecule has 0 spiro atoms. The molecule has 0 N–H and O–H groups in total. The fourth-order valence-corrected chi connectivity index (χ4v) is 3.51. The Labute approximate surface area is 117 Å². The van der Waals surface area contributed by atoms with Gasteiger partial charge in [0, 0.05) is 18.7 Å². The van der Waals surface area contributed by atoms with E-state index in [0.29, 0.717) is 23.7 Å². The molecule has 0 bridgehead atoms. The second-order valence-electron chi connectivity index (χ2n) is 6.70. The molecule has 2 aliphatic rings. The van der Waals surface area contributed by atoms with Gasteiger partial charge in [0.1, 0.15) is 0 Å². The number of allylic oxidation sites excluding steroid dienone is 2. The summed E-state index contributed by atoms with van der Waals surface area (Å²) in [5.41, 5.74) is 2.29. The van der Waals surface area contributed by atoms with Gasteiger partial charge in [0.15, 0.2) is 0 Å². The lowest BCUT2D eigenvalue weighted by Gasteiger charge is -2.36. The van der Waals surface area contributed by atoms with Crippen molar-refractivity contribution >= 4 is 5.91 Å². The molecular formula is C17H27NO. The van der Waals surface area contributed by atoms with Crippen LogP contribution in [0.1, 0.15) is 46.5 Å². The Kier molecular flexibility index (Phi) is 4.49. The predicted octanol–water partition coefficient (Wildman–Crippen LogP) is 3.79. The molecule has 1 aliphatic carbocycles. The van der Waals surface area contributed by atoms with Crippen LogP contribution in [0.3, 0.4) is 0 Å². The van der Waals surface area contributed by atoms with Crippen LogP contribution in [0, 0.1) is 17.8 Å². The first-order valence-corrected chi connectivity index (χ1v) is 7.61. The van der Waals surface area contributed by atoms with Gasteiger partial charge in [-0.15, -0.1) is 0 Å². The van der Waals surface area contributed by atoms with Gasteiger partial charge in [-0.25, -0.2) is 0 Å². The van der Waals surface area contributed by atoms with Crippen LogP contribution >= 0.6 is 0 Å². The van der Waals surface area contributed by atoms with Gasteiger partial charge in [0.2, 0.25) is 5.91 Å². The molecule has 0 aromatic carbocycles. The fourth-order valence-electron chi connectivity index (χ4n) is 3.51. The molecule has 1 aliphatic heterocycles. The van der Waals surface area contributed by atoms with Crippen molar-refractivity contribution < 1.29 is 4.79 Å². The van der Waals surface area contributed by atoms with Gasteiger partial charge >= 0.3 is 0 Å². The summed E-state index contributed by atoms with van der Waals surface area (Å²) in [5, 5.41) is 0. The van der Waals surface area contributed by atoms with E-state index in [2.05, 4.69) is 38.3 Å². The molecule has 2 nitrogen and oxygen atoms in total. The Morgan fingerprint density at radius 2 is 1.95 bits per heavy atom. The van der Waals surface area contributed by atoms with Gasteiger partial charge in [-0.1, -0.05) is 32.1 Å². The van der Waals surface area contributed by atoms with Crippen LogP contribution in [0.25, 0.3) is 0 Å². The minimum atomic E-state index is 0.290. The molecule has 1 amide bonds. The zero-order valence-electron chi connectivity index (χ0n) is 12.6. The van der Waals surface area contributed by atoms with E-state index in [4.69, 9.17) is 0 Å². The van der Waals surface area contributed by atoms with E-state index in [0.717, 1.165) is 37.9 Å². The molecular weight excluding hydrogens is 234 g/mol. The molecule has 1 saturated heterocycles. The first-order valence-electron chi connectivity index (χ1n) is 7.61. The topological polar surface area (TPSA) is 20.3 Å². The van der Waals surface area contributed by atoms with E-state index in [9.17, 15) is 4.79 Å². The molecule has 19 heavy (non-hydrogen) atoms. The lowest BCUT2D eigenvalue weighted by atomic mass is 9.84. The summed E-state index contributed by atoms with van der Waals surface area (Å²) in [7, 11) is 0. The Bertz CT molecular complexity index is 386. The van der Waals surface area contributed by atoms with E-state index in [1.165, 1.54) is 12.0 Å². The lowest BCUT2D eigenvalue weighted by Crippen LogP contribution is -2.43. The summed E-state index contributed by atoms with van der Waals surface area (Å²) in [5.74, 6) is 2.15. The molecule has 0 saturated carbocycles. The standard InChI is InChI=1S/C17H27NO/c1-12(2)15-5-7-16(8-6-15)17(19)18-10-13(3)9-14(4)11-18/h7,13-15H,1,5-6,8-11H2,2-4H3. The first-order chi connectivity index (χ1) is 8.97. The summed E-state index contributed by atoms with van der Waals surface area (Å²) < 4.78 is 0. The number of likely N-dealkylation sites (tertiary alicyclic amines) is 1. The van der Waals surface area contributed by atoms with E-state index >= 15 is 0 Å². The maximum Gasteiger partial charge on any atom is 0.249 e. The number of hydrogen-bond acceptors (Lipinski definition) is 1. The van der Waals surface area contributed by atoms with Gasteiger partial charge in [0.05, 0.1) is 0 Å². The quantitative estimate of drug-likeness (QED) is 0.692. The molecule has 0 aromatic heterocycles. The number of hydrogen-bond donors (Lipinski definition) is 0. The highest BCUT2D eigenvalue weighted by Crippen LogP contribution is 2.30. The second-order valence-corrected chi connectivity index (χ2v) is 6.70. The maximum atomic E-state index is 12.6. The maximum absolute atomic E-state index is 12.6. The number of nitrogens with zero attached hydrogens (tertiary/aromatic N) is 1. The highest BCUT2D eigenvalue weighted by Gasteiger charge is 2.28. The Morgan fingerprint density at radius 3 is 2.42 bits per heavy atom. The number of carbonyl (C=O) groups is 1. The van der Waals surface area contributed by atoms with Gasteiger partial charge in [-0.2, -0.15) is 0 Å². The summed E-state index contributed by atoms with van der Waals surface area (Å²) in [6.07, 6.45) is 6.42. The van der Waals surface area contributed by atoms with E-state index in [-0.39, 0.29) is 0 Å². The largest absolute Gasteiger partial charge is 0.338 e. The van der Waals surface area contributed by atoms with Crippen LogP contribution in [0.5, 0.6) is 0 Å². The van der Waals surface area contributed by atoms with Gasteiger partial charge in [-0.3, -0.25) is 4.79 Å². The van der Waals surface area contributed by atoms with Crippen LogP contribution < -0.4 is 0 Å². The van der Waals surface area contributed by atoms with Gasteiger partial charge in [-0.05, 0) is 50.4 Å². The second kappa shape index (κ2) is 5.94. The van der Waals surface area contributed by atoms with Crippen molar-refractivity contribution in [1.82, 2.24) is 4.90 Å². The molecule has 0 aromatic rings. The van der Waals surface area contributed by atoms with Crippen molar-refractivity contribution in [3.63, 3.8) is 0 Å². The summed E-state index contributed by atoms with van der Waals surface area (Å²) in [6.45, 7) is 12.5. The third-order valence-corrected chi connectivity index (χ3v) is 4.54. The zero-order chi connectivity index (χ0) is 14.0. The summed E-state index contributed by atoms with van der Waals surface area (Å²) >= 11 is 0. The van der Waals surface area contributed by atoms with Crippen molar-refractivity contribution in [2.45, 2.75) is 46.5 Å². The molecule has 1 heterocycles. The van der Waals surface area contributed by atoms with Crippen LogP contribution in [0.15, 0.2) is 23.8 Å². The Hall–Kier alpha value is -1.05. The lowest BCUT2D eigenvalue weighted by molar-refractivity contribution is -0.130. The number of carbonyl (C=O) groups excluding carboxylic acids is 1. The Morgan fingerprint density at radius 1 is 1.32 bits per heavy atom. The SMILES string of the molecule is C=C(C)C1CC=C(C(=O)N2CC(C)CC(C)C2)CC1. The normalized spacial score (nSPS) is 31.8. The molecule has 1 fully saturated rings. The van der Waals surface area contributed by atoms with E-state index in [1.54, 1.807) is 0 Å². The average molecular weight is 261 g/mol. The van der Waals surface area contributed by atoms with Crippen molar-refractivity contribution in [2.24, 2.45) is 17.8 Å².